The van der Waals surface area contributed by atoms with Gasteiger partial charge in [0.2, 0.25) is 0 Å². The molecule has 8 heteroatoms. The predicted octanol–water partition coefficient (Wildman–Crippen LogP) is 2.15. The molecule has 150 valence electrons. The van der Waals surface area contributed by atoms with Gasteiger partial charge in [-0.1, -0.05) is 12.1 Å². The SMILES string of the molecule is Cc1ccc(C)c(S(=O)(=O)[C@@H](CNC(=O)C(=O)N2CCCC2)c2ccco2)c1. The molecule has 1 aliphatic rings. The Labute approximate surface area is 164 Å². The fourth-order valence-corrected chi connectivity index (χ4v) is 5.25. The average Bonchev–Trinajstić information content (AvgIpc) is 3.36. The molecule has 0 unspecified atom stereocenters. The number of nitrogens with one attached hydrogen (secondary N) is 1. The van der Waals surface area contributed by atoms with Crippen LogP contribution in [0.3, 0.4) is 0 Å². The van der Waals surface area contributed by atoms with Crippen molar-refractivity contribution in [1.29, 1.82) is 0 Å². The fourth-order valence-electron chi connectivity index (χ4n) is 3.33. The molecule has 0 radical (unpaired) electrons. The number of carbonyl (C=O) groups is 2. The van der Waals surface area contributed by atoms with Crippen LogP contribution in [0.15, 0.2) is 45.9 Å². The molecule has 0 bridgehead atoms. The van der Waals surface area contributed by atoms with E-state index in [0.29, 0.717) is 18.7 Å². The van der Waals surface area contributed by atoms with Crippen molar-refractivity contribution < 1.29 is 22.4 Å². The lowest BCUT2D eigenvalue weighted by Crippen LogP contribution is -2.43. The zero-order chi connectivity index (χ0) is 20.3. The molecule has 0 aliphatic carbocycles. The van der Waals surface area contributed by atoms with Gasteiger partial charge in [0, 0.05) is 19.6 Å². The highest BCUT2D eigenvalue weighted by Crippen LogP contribution is 2.31. The van der Waals surface area contributed by atoms with Gasteiger partial charge >= 0.3 is 11.8 Å². The Morgan fingerprint density at radius 2 is 1.89 bits per heavy atom. The second-order valence-electron chi connectivity index (χ2n) is 7.03. The third-order valence-electron chi connectivity index (χ3n) is 4.92. The highest BCUT2D eigenvalue weighted by molar-refractivity contribution is 7.91. The summed E-state index contributed by atoms with van der Waals surface area (Å²) in [5.41, 5.74) is 1.43. The summed E-state index contributed by atoms with van der Waals surface area (Å²) >= 11 is 0. The molecule has 1 aromatic carbocycles. The Bertz CT molecular complexity index is 960. The van der Waals surface area contributed by atoms with E-state index in [9.17, 15) is 18.0 Å². The monoisotopic (exact) mass is 404 g/mol. The number of hydrogen-bond donors (Lipinski definition) is 1. The summed E-state index contributed by atoms with van der Waals surface area (Å²) in [7, 11) is -3.85. The van der Waals surface area contributed by atoms with Crippen LogP contribution < -0.4 is 5.32 Å². The van der Waals surface area contributed by atoms with Crippen molar-refractivity contribution in [2.24, 2.45) is 0 Å². The molecule has 0 saturated carbocycles. The summed E-state index contributed by atoms with van der Waals surface area (Å²) in [5, 5.41) is 1.36. The number of furan rings is 1. The van der Waals surface area contributed by atoms with Crippen molar-refractivity contribution in [3.63, 3.8) is 0 Å². The van der Waals surface area contributed by atoms with Gasteiger partial charge in [-0.15, -0.1) is 0 Å². The molecule has 1 saturated heterocycles. The first-order valence-corrected chi connectivity index (χ1v) is 10.8. The summed E-state index contributed by atoms with van der Waals surface area (Å²) in [4.78, 5) is 26.1. The largest absolute Gasteiger partial charge is 0.468 e. The molecule has 7 nitrogen and oxygen atoms in total. The molecule has 1 aromatic heterocycles. The lowest BCUT2D eigenvalue weighted by atomic mass is 10.2. The fraction of sp³-hybridized carbons (Fsp3) is 0.400. The summed E-state index contributed by atoms with van der Waals surface area (Å²) in [6.07, 6.45) is 3.13. The average molecular weight is 404 g/mol. The molecule has 28 heavy (non-hydrogen) atoms. The van der Waals surface area contributed by atoms with Gasteiger partial charge in [-0.3, -0.25) is 9.59 Å². The summed E-state index contributed by atoms with van der Waals surface area (Å²) in [6, 6.07) is 8.35. The van der Waals surface area contributed by atoms with Crippen LogP contribution in [0.1, 0.15) is 35.0 Å². The van der Waals surface area contributed by atoms with E-state index in [2.05, 4.69) is 5.32 Å². The van der Waals surface area contributed by atoms with Crippen molar-refractivity contribution >= 4 is 21.7 Å². The first-order valence-electron chi connectivity index (χ1n) is 9.22. The highest BCUT2D eigenvalue weighted by Gasteiger charge is 2.34. The van der Waals surface area contributed by atoms with Crippen molar-refractivity contribution in [2.75, 3.05) is 19.6 Å². The van der Waals surface area contributed by atoms with E-state index in [1.54, 1.807) is 31.2 Å². The van der Waals surface area contributed by atoms with E-state index in [4.69, 9.17) is 4.42 Å². The van der Waals surface area contributed by atoms with Crippen LogP contribution in [0, 0.1) is 13.8 Å². The first-order chi connectivity index (χ1) is 13.3. The van der Waals surface area contributed by atoms with Crippen molar-refractivity contribution in [3.05, 3.63) is 53.5 Å². The van der Waals surface area contributed by atoms with Crippen LogP contribution in [0.25, 0.3) is 0 Å². The normalized spacial score (nSPS) is 15.4. The Hall–Kier alpha value is -2.61. The Morgan fingerprint density at radius 1 is 1.18 bits per heavy atom. The minimum absolute atomic E-state index is 0.189. The second kappa shape index (κ2) is 8.18. The quantitative estimate of drug-likeness (QED) is 0.770. The maximum atomic E-state index is 13.3. The van der Waals surface area contributed by atoms with E-state index in [1.807, 2.05) is 13.0 Å². The van der Waals surface area contributed by atoms with Gasteiger partial charge in [-0.05, 0) is 56.0 Å². The van der Waals surface area contributed by atoms with E-state index < -0.39 is 26.9 Å². The van der Waals surface area contributed by atoms with Crippen LogP contribution in [0.2, 0.25) is 0 Å². The molecular formula is C20H24N2O5S. The zero-order valence-corrected chi connectivity index (χ0v) is 16.8. The topological polar surface area (TPSA) is 96.7 Å². The summed E-state index contributed by atoms with van der Waals surface area (Å²) in [6.45, 7) is 4.39. The van der Waals surface area contributed by atoms with Crippen LogP contribution in [-0.2, 0) is 19.4 Å². The molecule has 1 aliphatic heterocycles. The number of rotatable bonds is 5. The van der Waals surface area contributed by atoms with E-state index >= 15 is 0 Å². The van der Waals surface area contributed by atoms with Gasteiger partial charge in [-0.25, -0.2) is 8.42 Å². The van der Waals surface area contributed by atoms with Gasteiger partial charge in [0.05, 0.1) is 11.2 Å². The second-order valence-corrected chi connectivity index (χ2v) is 9.13. The molecule has 3 rings (SSSR count). The molecule has 1 N–H and O–H groups in total. The number of likely N-dealkylation sites (tertiary alicyclic amines) is 1. The van der Waals surface area contributed by atoms with E-state index in [1.165, 1.54) is 11.2 Å². The third-order valence-corrected chi connectivity index (χ3v) is 7.12. The molecule has 1 atom stereocenters. The Kier molecular flexibility index (Phi) is 5.88. The predicted molar refractivity (Wildman–Crippen MR) is 103 cm³/mol. The van der Waals surface area contributed by atoms with Gasteiger partial charge in [-0.2, -0.15) is 0 Å². The van der Waals surface area contributed by atoms with Crippen LogP contribution in [0.4, 0.5) is 0 Å². The van der Waals surface area contributed by atoms with Crippen molar-refractivity contribution in [2.45, 2.75) is 36.8 Å². The standard InChI is InChI=1S/C20H24N2O5S/c1-14-7-8-15(2)17(12-14)28(25,26)18(16-6-5-11-27-16)13-21-19(23)20(24)22-9-3-4-10-22/h5-8,11-12,18H,3-4,9-10,13H2,1-2H3,(H,21,23)/t18-/m0/s1. The lowest BCUT2D eigenvalue weighted by Gasteiger charge is -2.19. The lowest BCUT2D eigenvalue weighted by molar-refractivity contribution is -0.145. The molecule has 0 spiro atoms. The van der Waals surface area contributed by atoms with Gasteiger partial charge in [0.1, 0.15) is 11.0 Å². The minimum atomic E-state index is -3.85. The Morgan fingerprint density at radius 3 is 2.54 bits per heavy atom. The smallest absolute Gasteiger partial charge is 0.311 e. The van der Waals surface area contributed by atoms with Crippen molar-refractivity contribution in [1.82, 2.24) is 10.2 Å². The molecule has 1 fully saturated rings. The van der Waals surface area contributed by atoms with Crippen LogP contribution in [-0.4, -0.2) is 44.8 Å². The molecule has 2 amide bonds. The third kappa shape index (κ3) is 4.11. The van der Waals surface area contributed by atoms with Crippen LogP contribution in [0.5, 0.6) is 0 Å². The maximum Gasteiger partial charge on any atom is 0.311 e. The summed E-state index contributed by atoms with van der Waals surface area (Å²) in [5.74, 6) is -1.20. The van der Waals surface area contributed by atoms with Crippen LogP contribution >= 0.6 is 0 Å². The maximum absolute atomic E-state index is 13.3. The molecule has 2 aromatic rings. The van der Waals surface area contributed by atoms with E-state index in [-0.39, 0.29) is 17.2 Å². The number of amides is 2. The number of nitrogens with zero attached hydrogens (tertiary/aromatic N) is 1. The number of aryl methyl sites for hydroxylation is 2. The van der Waals surface area contributed by atoms with Gasteiger partial charge in [0.25, 0.3) is 0 Å². The van der Waals surface area contributed by atoms with E-state index in [0.717, 1.165) is 18.4 Å². The minimum Gasteiger partial charge on any atom is -0.468 e. The molecular weight excluding hydrogens is 380 g/mol. The zero-order valence-electron chi connectivity index (χ0n) is 16.0. The highest BCUT2D eigenvalue weighted by atomic mass is 32.2. The number of sulfone groups is 1. The summed E-state index contributed by atoms with van der Waals surface area (Å²) < 4.78 is 32.0. The van der Waals surface area contributed by atoms with Gasteiger partial charge < -0.3 is 14.6 Å². The van der Waals surface area contributed by atoms with Crippen molar-refractivity contribution in [3.8, 4) is 0 Å². The molecule has 2 heterocycles. The number of carbonyl (C=O) groups excluding carboxylic acids is 2. The number of benzene rings is 1. The Balaban J connectivity index is 1.85. The van der Waals surface area contributed by atoms with Gasteiger partial charge in [0.15, 0.2) is 9.84 Å². The number of hydrogen-bond acceptors (Lipinski definition) is 5. The first kappa shape index (κ1) is 20.1.